The summed E-state index contributed by atoms with van der Waals surface area (Å²) in [6.45, 7) is 3.26. The minimum Gasteiger partial charge on any atom is -0.387 e. The first kappa shape index (κ1) is 14.4. The van der Waals surface area contributed by atoms with Crippen molar-refractivity contribution in [2.75, 3.05) is 13.1 Å². The van der Waals surface area contributed by atoms with E-state index in [-0.39, 0.29) is 12.1 Å². The maximum absolute atomic E-state index is 13.5. The molecule has 0 spiro atoms. The molecule has 0 saturated heterocycles. The van der Waals surface area contributed by atoms with E-state index in [0.29, 0.717) is 5.41 Å². The van der Waals surface area contributed by atoms with Gasteiger partial charge in [0.15, 0.2) is 0 Å². The Morgan fingerprint density at radius 2 is 2.11 bits per heavy atom. The summed E-state index contributed by atoms with van der Waals surface area (Å²) < 4.78 is 26.5. The number of rotatable bonds is 7. The second kappa shape index (κ2) is 5.97. The van der Waals surface area contributed by atoms with E-state index in [1.54, 1.807) is 0 Å². The number of aliphatic hydroxyl groups is 1. The molecule has 4 heteroatoms. The molecule has 1 fully saturated rings. The molecule has 19 heavy (non-hydrogen) atoms. The van der Waals surface area contributed by atoms with Crippen molar-refractivity contribution in [3.63, 3.8) is 0 Å². The van der Waals surface area contributed by atoms with Crippen molar-refractivity contribution in [2.24, 2.45) is 5.41 Å². The van der Waals surface area contributed by atoms with Crippen LogP contribution in [0.25, 0.3) is 0 Å². The first-order valence-corrected chi connectivity index (χ1v) is 6.90. The molecule has 0 radical (unpaired) electrons. The number of nitrogens with one attached hydrogen (secondary N) is 1. The molecule has 2 rings (SSSR count). The molecule has 1 aromatic rings. The molecule has 0 bridgehead atoms. The average molecular weight is 269 g/mol. The molecule has 0 aliphatic heterocycles. The van der Waals surface area contributed by atoms with E-state index in [4.69, 9.17) is 0 Å². The highest BCUT2D eigenvalue weighted by Crippen LogP contribution is 2.48. The van der Waals surface area contributed by atoms with Crippen LogP contribution in [0.4, 0.5) is 8.78 Å². The van der Waals surface area contributed by atoms with Crippen LogP contribution in [0.15, 0.2) is 18.2 Å². The van der Waals surface area contributed by atoms with E-state index < -0.39 is 17.7 Å². The van der Waals surface area contributed by atoms with Crippen LogP contribution in [-0.2, 0) is 0 Å². The van der Waals surface area contributed by atoms with Gasteiger partial charge in [0, 0.05) is 18.7 Å². The van der Waals surface area contributed by atoms with Crippen molar-refractivity contribution in [1.82, 2.24) is 5.32 Å². The molecule has 1 aliphatic carbocycles. The van der Waals surface area contributed by atoms with Gasteiger partial charge in [-0.15, -0.1) is 0 Å². The molecule has 1 saturated carbocycles. The number of benzene rings is 1. The van der Waals surface area contributed by atoms with Crippen molar-refractivity contribution in [1.29, 1.82) is 0 Å². The normalized spacial score (nSPS) is 18.3. The van der Waals surface area contributed by atoms with Gasteiger partial charge in [0.1, 0.15) is 11.6 Å². The van der Waals surface area contributed by atoms with E-state index in [1.165, 1.54) is 19.3 Å². The Kier molecular flexibility index (Phi) is 4.53. The Morgan fingerprint density at radius 1 is 1.37 bits per heavy atom. The van der Waals surface area contributed by atoms with Crippen molar-refractivity contribution in [3.05, 3.63) is 35.4 Å². The molecule has 0 heterocycles. The largest absolute Gasteiger partial charge is 0.387 e. The molecule has 2 N–H and O–H groups in total. The summed E-state index contributed by atoms with van der Waals surface area (Å²) in [4.78, 5) is 0. The zero-order chi connectivity index (χ0) is 13.9. The Balaban J connectivity index is 1.84. The van der Waals surface area contributed by atoms with E-state index in [1.807, 2.05) is 0 Å². The minimum atomic E-state index is -1.01. The Morgan fingerprint density at radius 3 is 2.74 bits per heavy atom. The Labute approximate surface area is 112 Å². The average Bonchev–Trinajstić information content (AvgIpc) is 3.12. The second-order valence-electron chi connectivity index (χ2n) is 5.56. The number of hydrogen-bond acceptors (Lipinski definition) is 2. The Hall–Kier alpha value is -1.00. The molecule has 2 nitrogen and oxygen atoms in total. The zero-order valence-electron chi connectivity index (χ0n) is 11.3. The lowest BCUT2D eigenvalue weighted by Gasteiger charge is -2.18. The van der Waals surface area contributed by atoms with E-state index >= 15 is 0 Å². The molecular weight excluding hydrogens is 248 g/mol. The van der Waals surface area contributed by atoms with Crippen molar-refractivity contribution >= 4 is 0 Å². The molecule has 0 amide bonds. The van der Waals surface area contributed by atoms with Gasteiger partial charge in [-0.3, -0.25) is 0 Å². The van der Waals surface area contributed by atoms with Crippen molar-refractivity contribution in [3.8, 4) is 0 Å². The molecular formula is C15H21F2NO. The smallest absolute Gasteiger partial charge is 0.129 e. The lowest BCUT2D eigenvalue weighted by Crippen LogP contribution is -2.28. The number of aliphatic hydroxyl groups excluding tert-OH is 1. The van der Waals surface area contributed by atoms with Gasteiger partial charge in [-0.05, 0) is 42.9 Å². The quantitative estimate of drug-likeness (QED) is 0.797. The molecule has 1 aliphatic rings. The van der Waals surface area contributed by atoms with Gasteiger partial charge >= 0.3 is 0 Å². The standard InChI is InChI=1S/C15H21F2NO/c1-2-5-15(6-7-15)10-18-9-14(19)12-8-11(16)3-4-13(12)17/h3-4,8,14,18-19H,2,5-7,9-10H2,1H3. The SMILES string of the molecule is CCCC1(CNCC(O)c2cc(F)ccc2F)CC1. The summed E-state index contributed by atoms with van der Waals surface area (Å²) in [5.41, 5.74) is 0.405. The lowest BCUT2D eigenvalue weighted by molar-refractivity contribution is 0.166. The van der Waals surface area contributed by atoms with Gasteiger partial charge in [0.25, 0.3) is 0 Å². The van der Waals surface area contributed by atoms with Crippen LogP contribution >= 0.6 is 0 Å². The van der Waals surface area contributed by atoms with Gasteiger partial charge in [0.05, 0.1) is 6.10 Å². The van der Waals surface area contributed by atoms with Crippen LogP contribution in [0.5, 0.6) is 0 Å². The third-order valence-corrected chi connectivity index (χ3v) is 3.89. The van der Waals surface area contributed by atoms with Crippen molar-refractivity contribution < 1.29 is 13.9 Å². The summed E-state index contributed by atoms with van der Waals surface area (Å²) in [7, 11) is 0. The van der Waals surface area contributed by atoms with Gasteiger partial charge < -0.3 is 10.4 Å². The van der Waals surface area contributed by atoms with E-state index in [9.17, 15) is 13.9 Å². The first-order chi connectivity index (χ1) is 9.06. The highest BCUT2D eigenvalue weighted by molar-refractivity contribution is 5.21. The van der Waals surface area contributed by atoms with Gasteiger partial charge in [-0.2, -0.15) is 0 Å². The number of hydrogen-bond donors (Lipinski definition) is 2. The molecule has 1 unspecified atom stereocenters. The third kappa shape index (κ3) is 3.74. The molecule has 1 aromatic carbocycles. The highest BCUT2D eigenvalue weighted by atomic mass is 19.1. The van der Waals surface area contributed by atoms with Crippen LogP contribution in [0.2, 0.25) is 0 Å². The summed E-state index contributed by atoms with van der Waals surface area (Å²) in [6, 6.07) is 3.16. The van der Waals surface area contributed by atoms with Crippen LogP contribution in [-0.4, -0.2) is 18.2 Å². The Bertz CT molecular complexity index is 432. The highest BCUT2D eigenvalue weighted by Gasteiger charge is 2.40. The topological polar surface area (TPSA) is 32.3 Å². The predicted octanol–water partition coefficient (Wildman–Crippen LogP) is 3.17. The zero-order valence-corrected chi connectivity index (χ0v) is 11.3. The van der Waals surface area contributed by atoms with Crippen molar-refractivity contribution in [2.45, 2.75) is 38.7 Å². The van der Waals surface area contributed by atoms with Crippen LogP contribution in [0.1, 0.15) is 44.3 Å². The van der Waals surface area contributed by atoms with E-state index in [2.05, 4.69) is 12.2 Å². The fourth-order valence-corrected chi connectivity index (χ4v) is 2.58. The molecule has 0 aromatic heterocycles. The molecule has 106 valence electrons. The fourth-order valence-electron chi connectivity index (χ4n) is 2.58. The van der Waals surface area contributed by atoms with Crippen LogP contribution in [0.3, 0.4) is 0 Å². The third-order valence-electron chi connectivity index (χ3n) is 3.89. The summed E-state index contributed by atoms with van der Waals surface area (Å²) in [5, 5.41) is 13.1. The van der Waals surface area contributed by atoms with Gasteiger partial charge in [0.2, 0.25) is 0 Å². The fraction of sp³-hybridized carbons (Fsp3) is 0.600. The van der Waals surface area contributed by atoms with Crippen LogP contribution in [0, 0.1) is 17.0 Å². The van der Waals surface area contributed by atoms with Gasteiger partial charge in [-0.25, -0.2) is 8.78 Å². The monoisotopic (exact) mass is 269 g/mol. The maximum Gasteiger partial charge on any atom is 0.129 e. The first-order valence-electron chi connectivity index (χ1n) is 6.90. The minimum absolute atomic E-state index is 0.0211. The summed E-state index contributed by atoms with van der Waals surface area (Å²) in [5.74, 6) is -1.09. The maximum atomic E-state index is 13.5. The number of halogens is 2. The van der Waals surface area contributed by atoms with E-state index in [0.717, 1.165) is 31.2 Å². The second-order valence-corrected chi connectivity index (χ2v) is 5.56. The van der Waals surface area contributed by atoms with Gasteiger partial charge in [-0.1, -0.05) is 13.3 Å². The predicted molar refractivity (Wildman–Crippen MR) is 70.8 cm³/mol. The molecule has 1 atom stereocenters. The summed E-state index contributed by atoms with van der Waals surface area (Å²) in [6.07, 6.45) is 3.78. The van der Waals surface area contributed by atoms with Crippen LogP contribution < -0.4 is 5.32 Å². The summed E-state index contributed by atoms with van der Waals surface area (Å²) >= 11 is 0. The lowest BCUT2D eigenvalue weighted by atomic mass is 10.0.